The van der Waals surface area contributed by atoms with Gasteiger partial charge in [0.1, 0.15) is 0 Å². The molecule has 184 valence electrons. The van der Waals surface area contributed by atoms with Crippen molar-refractivity contribution >= 4 is 28.7 Å². The topological polar surface area (TPSA) is 48.4 Å². The second kappa shape index (κ2) is 10.8. The van der Waals surface area contributed by atoms with E-state index in [1.807, 2.05) is 24.4 Å². The fraction of sp³-hybridized carbons (Fsp3) is 0.241. The van der Waals surface area contributed by atoms with Crippen LogP contribution in [0.3, 0.4) is 0 Å². The van der Waals surface area contributed by atoms with Gasteiger partial charge in [0.25, 0.3) is 0 Å². The Morgan fingerprint density at radius 1 is 0.944 bits per heavy atom. The van der Waals surface area contributed by atoms with Crippen molar-refractivity contribution in [2.75, 3.05) is 37.4 Å². The fourth-order valence-electron chi connectivity index (χ4n) is 4.79. The minimum Gasteiger partial charge on any atom is -0.385 e. The van der Waals surface area contributed by atoms with Crippen LogP contribution in [-0.4, -0.2) is 46.7 Å². The minimum atomic E-state index is -0.0320. The maximum absolute atomic E-state index is 5.87. The van der Waals surface area contributed by atoms with Gasteiger partial charge in [-0.2, -0.15) is 0 Å². The van der Waals surface area contributed by atoms with Crippen LogP contribution < -0.4 is 15.5 Å². The Labute approximate surface area is 218 Å². The number of nitrogens with zero attached hydrogens (tertiary/aromatic N) is 4. The van der Waals surface area contributed by atoms with Gasteiger partial charge < -0.3 is 25.0 Å². The summed E-state index contributed by atoms with van der Waals surface area (Å²) in [7, 11) is 4.12. The molecule has 0 amide bonds. The first-order valence-electron chi connectivity index (χ1n) is 12.3. The third-order valence-electron chi connectivity index (χ3n) is 6.60. The van der Waals surface area contributed by atoms with E-state index in [0.29, 0.717) is 0 Å². The Kier molecular flexibility index (Phi) is 7.18. The van der Waals surface area contributed by atoms with Crippen LogP contribution in [-0.2, 0) is 0 Å². The highest BCUT2D eigenvalue weighted by Crippen LogP contribution is 2.39. The largest absolute Gasteiger partial charge is 0.385 e. The SMILES string of the molecule is CN(C)c1ccc(-n2cccc2[C@H]2[C@H](c3ccccn3)NC(=S)N2CCCNc2ccccc2)cc1. The van der Waals surface area contributed by atoms with Crippen molar-refractivity contribution < 1.29 is 0 Å². The first-order chi connectivity index (χ1) is 17.6. The Hall–Kier alpha value is -3.84. The molecule has 0 bridgehead atoms. The third kappa shape index (κ3) is 5.06. The van der Waals surface area contributed by atoms with Gasteiger partial charge in [-0.25, -0.2) is 0 Å². The minimum absolute atomic E-state index is 0.0210. The molecular weight excluding hydrogens is 464 g/mol. The lowest BCUT2D eigenvalue weighted by Gasteiger charge is -2.29. The summed E-state index contributed by atoms with van der Waals surface area (Å²) in [5, 5.41) is 7.86. The van der Waals surface area contributed by atoms with E-state index in [9.17, 15) is 0 Å². The molecule has 0 spiro atoms. The van der Waals surface area contributed by atoms with E-state index in [0.717, 1.165) is 41.7 Å². The molecule has 2 N–H and O–H groups in total. The molecule has 6 nitrogen and oxygen atoms in total. The van der Waals surface area contributed by atoms with Crippen molar-refractivity contribution in [1.29, 1.82) is 0 Å². The van der Waals surface area contributed by atoms with Crippen molar-refractivity contribution in [3.63, 3.8) is 0 Å². The molecule has 5 rings (SSSR count). The van der Waals surface area contributed by atoms with Gasteiger partial charge in [-0.05, 0) is 79.3 Å². The number of hydrogen-bond donors (Lipinski definition) is 2. The monoisotopic (exact) mass is 496 g/mol. The lowest BCUT2D eigenvalue weighted by molar-refractivity contribution is 0.307. The zero-order chi connectivity index (χ0) is 24.9. The number of pyridine rings is 1. The van der Waals surface area contributed by atoms with Gasteiger partial charge in [0.15, 0.2) is 5.11 Å². The molecule has 1 fully saturated rings. The second-order valence-corrected chi connectivity index (χ2v) is 9.57. The maximum atomic E-state index is 5.87. The molecule has 0 saturated carbocycles. The van der Waals surface area contributed by atoms with Gasteiger partial charge in [-0.15, -0.1) is 0 Å². The van der Waals surface area contributed by atoms with Crippen molar-refractivity contribution in [3.05, 3.63) is 109 Å². The molecule has 0 radical (unpaired) electrons. The summed E-state index contributed by atoms with van der Waals surface area (Å²) >= 11 is 5.87. The molecule has 1 saturated heterocycles. The molecule has 4 aromatic rings. The van der Waals surface area contributed by atoms with Gasteiger partial charge in [-0.1, -0.05) is 24.3 Å². The highest BCUT2D eigenvalue weighted by atomic mass is 32.1. The van der Waals surface area contributed by atoms with Crippen LogP contribution in [0.4, 0.5) is 11.4 Å². The number of para-hydroxylation sites is 1. The number of anilines is 2. The van der Waals surface area contributed by atoms with E-state index < -0.39 is 0 Å². The normalized spacial score (nSPS) is 17.2. The molecule has 2 aromatic heterocycles. The lowest BCUT2D eigenvalue weighted by atomic mass is 10.0. The summed E-state index contributed by atoms with van der Waals surface area (Å²) in [5.41, 5.74) is 5.62. The van der Waals surface area contributed by atoms with E-state index in [2.05, 4.69) is 117 Å². The number of hydrogen-bond acceptors (Lipinski definition) is 4. The fourth-order valence-corrected chi connectivity index (χ4v) is 5.12. The van der Waals surface area contributed by atoms with E-state index in [4.69, 9.17) is 12.2 Å². The molecule has 7 heteroatoms. The van der Waals surface area contributed by atoms with Crippen LogP contribution in [0, 0.1) is 0 Å². The van der Waals surface area contributed by atoms with Crippen LogP contribution in [0.5, 0.6) is 0 Å². The zero-order valence-corrected chi connectivity index (χ0v) is 21.5. The van der Waals surface area contributed by atoms with Gasteiger partial charge in [0, 0.05) is 62.3 Å². The molecule has 36 heavy (non-hydrogen) atoms. The number of rotatable bonds is 9. The highest BCUT2D eigenvalue weighted by molar-refractivity contribution is 7.80. The van der Waals surface area contributed by atoms with Crippen LogP contribution in [0.15, 0.2) is 97.3 Å². The summed E-state index contributed by atoms with van der Waals surface area (Å²) in [4.78, 5) is 9.12. The molecule has 2 aromatic carbocycles. The van der Waals surface area contributed by atoms with Crippen LogP contribution >= 0.6 is 12.2 Å². The van der Waals surface area contributed by atoms with E-state index in [-0.39, 0.29) is 12.1 Å². The number of thiocarbonyl (C=S) groups is 1. The smallest absolute Gasteiger partial charge is 0.170 e. The average Bonchev–Trinajstić information content (AvgIpc) is 3.52. The molecule has 0 aliphatic carbocycles. The first kappa shape index (κ1) is 23.9. The molecule has 1 aliphatic rings. The quantitative estimate of drug-likeness (QED) is 0.239. The van der Waals surface area contributed by atoms with E-state index in [1.54, 1.807) is 0 Å². The van der Waals surface area contributed by atoms with Gasteiger partial charge in [0.2, 0.25) is 0 Å². The average molecular weight is 497 g/mol. The molecular formula is C29H32N6S. The van der Waals surface area contributed by atoms with Gasteiger partial charge >= 0.3 is 0 Å². The summed E-state index contributed by atoms with van der Waals surface area (Å²) in [6, 6.07) is 29.3. The summed E-state index contributed by atoms with van der Waals surface area (Å²) < 4.78 is 2.27. The predicted octanol–water partition coefficient (Wildman–Crippen LogP) is 5.41. The summed E-state index contributed by atoms with van der Waals surface area (Å²) in [6.45, 7) is 1.71. The molecule has 0 unspecified atom stereocenters. The first-order valence-corrected chi connectivity index (χ1v) is 12.7. The van der Waals surface area contributed by atoms with Gasteiger partial charge in [-0.3, -0.25) is 4.98 Å². The highest BCUT2D eigenvalue weighted by Gasteiger charge is 2.40. The van der Waals surface area contributed by atoms with E-state index in [1.165, 1.54) is 11.4 Å². The Morgan fingerprint density at radius 3 is 2.44 bits per heavy atom. The van der Waals surface area contributed by atoms with Crippen molar-refractivity contribution in [2.45, 2.75) is 18.5 Å². The molecule has 1 aliphatic heterocycles. The second-order valence-electron chi connectivity index (χ2n) is 9.18. The Morgan fingerprint density at radius 2 is 1.72 bits per heavy atom. The summed E-state index contributed by atoms with van der Waals surface area (Å²) in [5.74, 6) is 0. The van der Waals surface area contributed by atoms with E-state index >= 15 is 0 Å². The standard InChI is InChI=1S/C29H32N6S/c1-33(2)23-14-16-24(17-15-23)34-20-8-13-26(34)28-27(25-12-6-7-18-31-25)32-29(36)35(28)21-9-19-30-22-10-4-3-5-11-22/h3-8,10-18,20,27-28,30H,9,19,21H2,1-2H3,(H,32,36)/t27-,28-/m0/s1. The van der Waals surface area contributed by atoms with Crippen LogP contribution in [0.25, 0.3) is 5.69 Å². The summed E-state index contributed by atoms with van der Waals surface area (Å²) in [6.07, 6.45) is 4.94. The van der Waals surface area contributed by atoms with Gasteiger partial charge in [0.05, 0.1) is 17.8 Å². The van der Waals surface area contributed by atoms with Crippen LogP contribution in [0.1, 0.15) is 29.9 Å². The third-order valence-corrected chi connectivity index (χ3v) is 6.96. The number of aromatic nitrogens is 2. The Bertz CT molecular complexity index is 1270. The molecule has 2 atom stereocenters. The van der Waals surface area contributed by atoms with Crippen LogP contribution in [0.2, 0.25) is 0 Å². The zero-order valence-electron chi connectivity index (χ0n) is 20.7. The van der Waals surface area contributed by atoms with Crippen molar-refractivity contribution in [2.24, 2.45) is 0 Å². The van der Waals surface area contributed by atoms with Crippen molar-refractivity contribution in [1.82, 2.24) is 19.8 Å². The predicted molar refractivity (Wildman–Crippen MR) is 152 cm³/mol. The lowest BCUT2D eigenvalue weighted by Crippen LogP contribution is -2.32. The number of benzene rings is 2. The van der Waals surface area contributed by atoms with Crippen molar-refractivity contribution in [3.8, 4) is 5.69 Å². The Balaban J connectivity index is 1.42. The molecule has 3 heterocycles. The number of nitrogens with one attached hydrogen (secondary N) is 2. The maximum Gasteiger partial charge on any atom is 0.170 e.